The van der Waals surface area contributed by atoms with Crippen LogP contribution in [-0.2, 0) is 12.1 Å². The molecule has 1 aromatic rings. The number of alkyl halides is 1. The van der Waals surface area contributed by atoms with Crippen molar-refractivity contribution in [2.45, 2.75) is 72.9 Å². The molecule has 0 bridgehead atoms. The first-order valence-electron chi connectivity index (χ1n) is 7.66. The molecule has 1 aromatic carbocycles. The quantitative estimate of drug-likeness (QED) is 0.538. The lowest BCUT2D eigenvalue weighted by Crippen LogP contribution is -2.12. The van der Waals surface area contributed by atoms with Crippen LogP contribution in [0.5, 0.6) is 0 Å². The van der Waals surface area contributed by atoms with Crippen molar-refractivity contribution < 1.29 is 4.39 Å². The highest BCUT2D eigenvalue weighted by Gasteiger charge is 2.21. The minimum absolute atomic E-state index is 0.812. The molecule has 20 heavy (non-hydrogen) atoms. The maximum absolute atomic E-state index is 13.7. The van der Waals surface area contributed by atoms with Gasteiger partial charge in [-0.3, -0.25) is 0 Å². The summed E-state index contributed by atoms with van der Waals surface area (Å²) in [5, 5.41) is 0. The van der Waals surface area contributed by atoms with Gasteiger partial charge in [0.25, 0.3) is 0 Å². The van der Waals surface area contributed by atoms with Crippen molar-refractivity contribution in [3.05, 3.63) is 47.0 Å². The van der Waals surface area contributed by atoms with E-state index in [4.69, 9.17) is 0 Å². The zero-order chi connectivity index (χ0) is 15.8. The predicted molar refractivity (Wildman–Crippen MR) is 89.0 cm³/mol. The molecule has 0 aliphatic carbocycles. The first-order chi connectivity index (χ1) is 9.23. The fourth-order valence-corrected chi connectivity index (χ4v) is 2.19. The van der Waals surface area contributed by atoms with Crippen molar-refractivity contribution in [2.75, 3.05) is 0 Å². The number of halogens is 1. The average molecular weight is 278 g/mol. The van der Waals surface area contributed by atoms with E-state index in [9.17, 15) is 4.39 Å². The van der Waals surface area contributed by atoms with Gasteiger partial charge in [-0.15, -0.1) is 6.58 Å². The van der Waals surface area contributed by atoms with Crippen molar-refractivity contribution in [2.24, 2.45) is 0 Å². The molecule has 114 valence electrons. The molecule has 1 rings (SSSR count). The SMILES string of the molecule is C=C(C)CCCC.CCc1cccc(C(C)(C)F)c1C. The number of aryl methyl sites for hydroxylation is 1. The number of benzene rings is 1. The van der Waals surface area contributed by atoms with Crippen LogP contribution in [-0.4, -0.2) is 0 Å². The average Bonchev–Trinajstić information content (AvgIpc) is 2.36. The van der Waals surface area contributed by atoms with Gasteiger partial charge in [0.1, 0.15) is 5.67 Å². The fraction of sp³-hybridized carbons (Fsp3) is 0.579. The van der Waals surface area contributed by atoms with Gasteiger partial charge >= 0.3 is 0 Å². The van der Waals surface area contributed by atoms with E-state index < -0.39 is 5.67 Å². The summed E-state index contributed by atoms with van der Waals surface area (Å²) in [5.74, 6) is 0. The number of hydrogen-bond donors (Lipinski definition) is 0. The summed E-state index contributed by atoms with van der Waals surface area (Å²) in [5.41, 5.74) is 3.23. The molecule has 0 radical (unpaired) electrons. The van der Waals surface area contributed by atoms with Crippen molar-refractivity contribution in [1.82, 2.24) is 0 Å². The highest BCUT2D eigenvalue weighted by atomic mass is 19.1. The molecule has 0 aromatic heterocycles. The van der Waals surface area contributed by atoms with Gasteiger partial charge in [0.2, 0.25) is 0 Å². The summed E-state index contributed by atoms with van der Waals surface area (Å²) in [6.45, 7) is 15.4. The molecule has 0 fully saturated rings. The van der Waals surface area contributed by atoms with Gasteiger partial charge in [-0.05, 0) is 63.6 Å². The standard InChI is InChI=1S/C12H17F.C7H14/c1-5-10-7-6-8-11(9(10)2)12(3,4)13;1-4-5-6-7(2)3/h6-8H,5H2,1-4H3;2,4-6H2,1,3H3. The summed E-state index contributed by atoms with van der Waals surface area (Å²) >= 11 is 0. The van der Waals surface area contributed by atoms with Crippen LogP contribution >= 0.6 is 0 Å². The van der Waals surface area contributed by atoms with Crippen LogP contribution in [0.1, 0.15) is 70.6 Å². The Labute approximate surface area is 125 Å². The normalized spacial score (nSPS) is 10.8. The Bertz CT molecular complexity index is 410. The first kappa shape index (κ1) is 18.9. The number of unbranched alkanes of at least 4 members (excludes halogenated alkanes) is 1. The lowest BCUT2D eigenvalue weighted by molar-refractivity contribution is 0.220. The van der Waals surface area contributed by atoms with E-state index in [1.807, 2.05) is 19.1 Å². The van der Waals surface area contributed by atoms with Gasteiger partial charge in [0.05, 0.1) is 0 Å². The predicted octanol–water partition coefficient (Wildman–Crippen LogP) is 6.51. The van der Waals surface area contributed by atoms with Gasteiger partial charge < -0.3 is 0 Å². The second-order valence-electron chi connectivity index (χ2n) is 5.98. The van der Waals surface area contributed by atoms with Gasteiger partial charge in [0.15, 0.2) is 0 Å². The molecule has 1 heteroatoms. The highest BCUT2D eigenvalue weighted by molar-refractivity contribution is 5.37. The Hall–Kier alpha value is -1.11. The molecule has 0 saturated heterocycles. The summed E-state index contributed by atoms with van der Waals surface area (Å²) < 4.78 is 13.7. The highest BCUT2D eigenvalue weighted by Crippen LogP contribution is 2.29. The second kappa shape index (κ2) is 8.94. The van der Waals surface area contributed by atoms with E-state index in [-0.39, 0.29) is 0 Å². The van der Waals surface area contributed by atoms with Gasteiger partial charge in [-0.25, -0.2) is 4.39 Å². The Kier molecular flexibility index (Phi) is 8.45. The molecule has 0 spiro atoms. The van der Waals surface area contributed by atoms with Crippen LogP contribution in [0, 0.1) is 6.92 Å². The van der Waals surface area contributed by atoms with Crippen LogP contribution in [0.2, 0.25) is 0 Å². The third-order valence-corrected chi connectivity index (χ3v) is 3.42. The van der Waals surface area contributed by atoms with Gasteiger partial charge in [0, 0.05) is 0 Å². The summed E-state index contributed by atoms with van der Waals surface area (Å²) in [6, 6.07) is 5.86. The third-order valence-electron chi connectivity index (χ3n) is 3.42. The van der Waals surface area contributed by atoms with Crippen LogP contribution < -0.4 is 0 Å². The van der Waals surface area contributed by atoms with Crippen LogP contribution in [0.15, 0.2) is 30.4 Å². The van der Waals surface area contributed by atoms with Gasteiger partial charge in [-0.2, -0.15) is 0 Å². The first-order valence-corrected chi connectivity index (χ1v) is 7.66. The van der Waals surface area contributed by atoms with Crippen LogP contribution in [0.3, 0.4) is 0 Å². The van der Waals surface area contributed by atoms with E-state index in [0.29, 0.717) is 0 Å². The molecule has 0 saturated carbocycles. The second-order valence-corrected chi connectivity index (χ2v) is 5.98. The maximum Gasteiger partial charge on any atom is 0.130 e. The summed E-state index contributed by atoms with van der Waals surface area (Å²) in [6.07, 6.45) is 4.76. The number of rotatable bonds is 5. The van der Waals surface area contributed by atoms with Crippen LogP contribution in [0.4, 0.5) is 4.39 Å². The lowest BCUT2D eigenvalue weighted by Gasteiger charge is -2.19. The maximum atomic E-state index is 13.7. The van der Waals surface area contributed by atoms with Crippen molar-refractivity contribution >= 4 is 0 Å². The van der Waals surface area contributed by atoms with E-state index in [1.54, 1.807) is 13.8 Å². The molecule has 0 aliphatic heterocycles. The Balaban J connectivity index is 0.000000441. The molecule has 0 unspecified atom stereocenters. The van der Waals surface area contributed by atoms with Crippen molar-refractivity contribution in [3.63, 3.8) is 0 Å². The smallest absolute Gasteiger partial charge is 0.130 e. The van der Waals surface area contributed by atoms with E-state index in [0.717, 1.165) is 17.5 Å². The zero-order valence-electron chi connectivity index (χ0n) is 14.1. The van der Waals surface area contributed by atoms with Crippen molar-refractivity contribution in [1.29, 1.82) is 0 Å². The third kappa shape index (κ3) is 6.88. The molecule has 0 nitrogen and oxygen atoms in total. The summed E-state index contributed by atoms with van der Waals surface area (Å²) in [7, 11) is 0. The zero-order valence-corrected chi connectivity index (χ0v) is 14.1. The Morgan fingerprint density at radius 1 is 1.25 bits per heavy atom. The van der Waals surface area contributed by atoms with Crippen LogP contribution in [0.25, 0.3) is 0 Å². The molecular formula is C19H31F. The van der Waals surface area contributed by atoms with E-state index >= 15 is 0 Å². The lowest BCUT2D eigenvalue weighted by atomic mass is 9.91. The molecule has 0 heterocycles. The minimum Gasteiger partial charge on any atom is -0.239 e. The Morgan fingerprint density at radius 3 is 2.20 bits per heavy atom. The molecule has 0 atom stereocenters. The van der Waals surface area contributed by atoms with E-state index in [1.165, 1.54) is 30.4 Å². The summed E-state index contributed by atoms with van der Waals surface area (Å²) in [4.78, 5) is 0. The number of allylic oxidation sites excluding steroid dienone is 1. The minimum atomic E-state index is -1.23. The molecule has 0 N–H and O–H groups in total. The van der Waals surface area contributed by atoms with Crippen molar-refractivity contribution in [3.8, 4) is 0 Å². The monoisotopic (exact) mass is 278 g/mol. The Morgan fingerprint density at radius 2 is 1.85 bits per heavy atom. The number of hydrogen-bond acceptors (Lipinski definition) is 0. The largest absolute Gasteiger partial charge is 0.239 e. The van der Waals surface area contributed by atoms with Gasteiger partial charge in [-0.1, -0.05) is 44.0 Å². The molecule has 0 amide bonds. The fourth-order valence-electron chi connectivity index (χ4n) is 2.19. The van der Waals surface area contributed by atoms with E-state index in [2.05, 4.69) is 33.4 Å². The molecular weight excluding hydrogens is 247 g/mol. The topological polar surface area (TPSA) is 0 Å². The molecule has 0 aliphatic rings.